The number of benzene rings is 1. The third kappa shape index (κ3) is 6.81. The monoisotopic (exact) mass is 556 g/mol. The lowest BCUT2D eigenvalue weighted by atomic mass is 10.00. The first-order valence-electron chi connectivity index (χ1n) is 11.8. The standard InChI is InChI=1S/C24H36N4O3.HI/c1-25-24(26-16-23(29)28-12-9-19-6-2-3-7-20(19)17-28)27-13-10-21(11-14-27)31-18-22-8-4-5-15-30-22;/h2-3,6-7,21-22H,4-5,8-18H2,1H3,(H,25,26);1H. The fourth-order valence-electron chi connectivity index (χ4n) is 4.72. The van der Waals surface area contributed by atoms with Gasteiger partial charge in [0.05, 0.1) is 25.4 Å². The molecule has 0 bridgehead atoms. The number of hydrogen-bond acceptors (Lipinski definition) is 4. The summed E-state index contributed by atoms with van der Waals surface area (Å²) in [5.74, 6) is 0.932. The van der Waals surface area contributed by atoms with Crippen LogP contribution in [0.3, 0.4) is 0 Å². The molecule has 0 spiro atoms. The molecule has 1 amide bonds. The Labute approximate surface area is 208 Å². The summed E-state index contributed by atoms with van der Waals surface area (Å²) in [7, 11) is 1.78. The highest BCUT2D eigenvalue weighted by Crippen LogP contribution is 2.19. The second-order valence-corrected chi connectivity index (χ2v) is 8.74. The number of piperidine rings is 1. The number of rotatable bonds is 5. The molecule has 7 nitrogen and oxygen atoms in total. The normalized spacial score (nSPS) is 22.2. The van der Waals surface area contributed by atoms with Gasteiger partial charge in [0.1, 0.15) is 0 Å². The van der Waals surface area contributed by atoms with Crippen molar-refractivity contribution in [2.45, 2.75) is 57.3 Å². The number of ether oxygens (including phenoxy) is 2. The lowest BCUT2D eigenvalue weighted by molar-refractivity contribution is -0.130. The van der Waals surface area contributed by atoms with Gasteiger partial charge in [0, 0.05) is 39.8 Å². The first-order valence-corrected chi connectivity index (χ1v) is 11.8. The molecular weight excluding hydrogens is 519 g/mol. The van der Waals surface area contributed by atoms with Crippen LogP contribution in [0.1, 0.15) is 43.2 Å². The predicted octanol–water partition coefficient (Wildman–Crippen LogP) is 2.81. The Morgan fingerprint density at radius 1 is 1.12 bits per heavy atom. The Hall–Kier alpha value is -1.39. The van der Waals surface area contributed by atoms with E-state index in [1.54, 1.807) is 7.05 Å². The van der Waals surface area contributed by atoms with Crippen LogP contribution in [0.2, 0.25) is 0 Å². The SMILES string of the molecule is CN=C(NCC(=O)N1CCc2ccccc2C1)N1CCC(OCC2CCCCO2)CC1.I. The summed E-state index contributed by atoms with van der Waals surface area (Å²) in [6.45, 7) is 5.13. The van der Waals surface area contributed by atoms with Gasteiger partial charge >= 0.3 is 0 Å². The van der Waals surface area contributed by atoms with Gasteiger partial charge in [-0.3, -0.25) is 9.79 Å². The van der Waals surface area contributed by atoms with Crippen LogP contribution in [-0.4, -0.2) is 80.3 Å². The van der Waals surface area contributed by atoms with E-state index in [0.29, 0.717) is 13.2 Å². The maximum Gasteiger partial charge on any atom is 0.242 e. The van der Waals surface area contributed by atoms with Crippen molar-refractivity contribution in [1.82, 2.24) is 15.1 Å². The van der Waals surface area contributed by atoms with Crippen LogP contribution in [0, 0.1) is 0 Å². The number of likely N-dealkylation sites (tertiary alicyclic amines) is 1. The topological polar surface area (TPSA) is 66.4 Å². The molecule has 1 aromatic carbocycles. The van der Waals surface area contributed by atoms with Crippen molar-refractivity contribution in [2.75, 3.05) is 46.4 Å². The van der Waals surface area contributed by atoms with Gasteiger partial charge in [-0.1, -0.05) is 24.3 Å². The largest absolute Gasteiger partial charge is 0.376 e. The van der Waals surface area contributed by atoms with Crippen molar-refractivity contribution < 1.29 is 14.3 Å². The zero-order valence-electron chi connectivity index (χ0n) is 19.1. The Kier molecular flexibility index (Phi) is 10.1. The van der Waals surface area contributed by atoms with Crippen molar-refractivity contribution in [3.8, 4) is 0 Å². The van der Waals surface area contributed by atoms with Gasteiger partial charge in [0.2, 0.25) is 5.91 Å². The van der Waals surface area contributed by atoms with Crippen LogP contribution >= 0.6 is 24.0 Å². The molecule has 32 heavy (non-hydrogen) atoms. The van der Waals surface area contributed by atoms with Crippen LogP contribution in [-0.2, 0) is 27.2 Å². The molecule has 2 saturated heterocycles. The average Bonchev–Trinajstić information content (AvgIpc) is 2.84. The van der Waals surface area contributed by atoms with E-state index >= 15 is 0 Å². The fourth-order valence-corrected chi connectivity index (χ4v) is 4.72. The van der Waals surface area contributed by atoms with E-state index in [9.17, 15) is 4.79 Å². The zero-order valence-corrected chi connectivity index (χ0v) is 21.5. The molecule has 1 unspecified atom stereocenters. The van der Waals surface area contributed by atoms with Crippen molar-refractivity contribution in [2.24, 2.45) is 4.99 Å². The molecular formula is C24H37IN4O3. The van der Waals surface area contributed by atoms with E-state index in [2.05, 4.69) is 33.4 Å². The number of fused-ring (bicyclic) bond motifs is 1. The number of aliphatic imine (C=N–C) groups is 1. The van der Waals surface area contributed by atoms with Gasteiger partial charge in [0.25, 0.3) is 0 Å². The number of hydrogen-bond donors (Lipinski definition) is 1. The average molecular weight is 556 g/mol. The van der Waals surface area contributed by atoms with E-state index in [1.807, 2.05) is 11.0 Å². The van der Waals surface area contributed by atoms with Crippen LogP contribution in [0.25, 0.3) is 0 Å². The van der Waals surface area contributed by atoms with Gasteiger partial charge < -0.3 is 24.6 Å². The third-order valence-electron chi connectivity index (χ3n) is 6.63. The molecule has 1 N–H and O–H groups in total. The first kappa shape index (κ1) is 25.2. The smallest absolute Gasteiger partial charge is 0.242 e. The maximum atomic E-state index is 12.8. The van der Waals surface area contributed by atoms with Gasteiger partial charge in [-0.15, -0.1) is 24.0 Å². The van der Waals surface area contributed by atoms with Crippen molar-refractivity contribution in [3.63, 3.8) is 0 Å². The van der Waals surface area contributed by atoms with E-state index < -0.39 is 0 Å². The summed E-state index contributed by atoms with van der Waals surface area (Å²) in [6.07, 6.45) is 6.98. The summed E-state index contributed by atoms with van der Waals surface area (Å²) in [5.41, 5.74) is 2.61. The van der Waals surface area contributed by atoms with Crippen LogP contribution in [0.15, 0.2) is 29.3 Å². The Balaban J connectivity index is 0.00000289. The summed E-state index contributed by atoms with van der Waals surface area (Å²) >= 11 is 0. The van der Waals surface area contributed by atoms with E-state index in [-0.39, 0.29) is 48.6 Å². The predicted molar refractivity (Wildman–Crippen MR) is 136 cm³/mol. The van der Waals surface area contributed by atoms with Gasteiger partial charge in [-0.2, -0.15) is 0 Å². The Morgan fingerprint density at radius 3 is 2.62 bits per heavy atom. The third-order valence-corrected chi connectivity index (χ3v) is 6.63. The number of carbonyl (C=O) groups excluding carboxylic acids is 1. The summed E-state index contributed by atoms with van der Waals surface area (Å²) in [6, 6.07) is 8.39. The summed E-state index contributed by atoms with van der Waals surface area (Å²) in [5, 5.41) is 3.28. The highest BCUT2D eigenvalue weighted by molar-refractivity contribution is 14.0. The van der Waals surface area contributed by atoms with Gasteiger partial charge in [-0.05, 0) is 49.7 Å². The van der Waals surface area contributed by atoms with Crippen molar-refractivity contribution in [3.05, 3.63) is 35.4 Å². The molecule has 1 atom stereocenters. The molecule has 3 heterocycles. The second-order valence-electron chi connectivity index (χ2n) is 8.74. The number of nitrogens with one attached hydrogen (secondary N) is 1. The minimum Gasteiger partial charge on any atom is -0.376 e. The van der Waals surface area contributed by atoms with Crippen molar-refractivity contribution in [1.29, 1.82) is 0 Å². The van der Waals surface area contributed by atoms with Crippen LogP contribution < -0.4 is 5.32 Å². The summed E-state index contributed by atoms with van der Waals surface area (Å²) in [4.78, 5) is 21.3. The number of halogens is 1. The van der Waals surface area contributed by atoms with E-state index in [0.717, 1.165) is 57.9 Å². The molecule has 2 fully saturated rings. The molecule has 4 rings (SSSR count). The van der Waals surface area contributed by atoms with E-state index in [4.69, 9.17) is 9.47 Å². The first-order chi connectivity index (χ1) is 15.2. The maximum absolute atomic E-state index is 12.8. The molecule has 3 aliphatic rings. The number of nitrogens with zero attached hydrogens (tertiary/aromatic N) is 3. The molecule has 0 radical (unpaired) electrons. The van der Waals surface area contributed by atoms with Crippen molar-refractivity contribution >= 4 is 35.8 Å². The molecule has 0 aromatic heterocycles. The summed E-state index contributed by atoms with van der Waals surface area (Å²) < 4.78 is 11.9. The lowest BCUT2D eigenvalue weighted by Gasteiger charge is -2.35. The minimum atomic E-state index is 0. The molecule has 0 aliphatic carbocycles. The van der Waals surface area contributed by atoms with E-state index in [1.165, 1.54) is 24.0 Å². The van der Waals surface area contributed by atoms with Gasteiger partial charge in [-0.25, -0.2) is 0 Å². The molecule has 8 heteroatoms. The van der Waals surface area contributed by atoms with Crippen LogP contribution in [0.5, 0.6) is 0 Å². The Morgan fingerprint density at radius 2 is 1.91 bits per heavy atom. The Bertz CT molecular complexity index is 761. The number of amides is 1. The quantitative estimate of drug-likeness (QED) is 0.344. The second kappa shape index (κ2) is 12.7. The molecule has 3 aliphatic heterocycles. The highest BCUT2D eigenvalue weighted by atomic mass is 127. The highest BCUT2D eigenvalue weighted by Gasteiger charge is 2.25. The molecule has 0 saturated carbocycles. The fraction of sp³-hybridized carbons (Fsp3) is 0.667. The molecule has 178 valence electrons. The molecule has 1 aromatic rings. The minimum absolute atomic E-state index is 0. The zero-order chi connectivity index (χ0) is 21.5. The number of guanidine groups is 1. The van der Waals surface area contributed by atoms with Gasteiger partial charge in [0.15, 0.2) is 5.96 Å². The lowest BCUT2D eigenvalue weighted by Crippen LogP contribution is -2.50. The van der Waals surface area contributed by atoms with Crippen LogP contribution in [0.4, 0.5) is 0 Å². The number of carbonyl (C=O) groups is 1.